The van der Waals surface area contributed by atoms with E-state index in [-0.39, 0.29) is 0 Å². The topological polar surface area (TPSA) is 82.0 Å². The minimum Gasteiger partial charge on any atom is -0.375 e. The summed E-state index contributed by atoms with van der Waals surface area (Å²) in [5.41, 5.74) is 6.95. The molecule has 0 atom stereocenters. The monoisotopic (exact) mass is 218 g/mol. The lowest BCUT2D eigenvalue weighted by Crippen LogP contribution is -1.93. The molecule has 3 heterocycles. The molecule has 3 rings (SSSR count). The van der Waals surface area contributed by atoms with Crippen LogP contribution in [0.4, 0.5) is 5.13 Å². The van der Waals surface area contributed by atoms with E-state index in [1.165, 1.54) is 11.3 Å². The lowest BCUT2D eigenvalue weighted by Gasteiger charge is -1.92. The van der Waals surface area contributed by atoms with Crippen LogP contribution in [0.3, 0.4) is 0 Å². The highest BCUT2D eigenvalue weighted by atomic mass is 32.1. The molecule has 0 bridgehead atoms. The van der Waals surface area contributed by atoms with E-state index in [0.29, 0.717) is 22.3 Å². The predicted molar refractivity (Wildman–Crippen MR) is 56.3 cm³/mol. The maximum Gasteiger partial charge on any atom is 0.204 e. The summed E-state index contributed by atoms with van der Waals surface area (Å²) in [6.45, 7) is 0. The molecule has 0 aliphatic heterocycles. The molecule has 3 aromatic rings. The summed E-state index contributed by atoms with van der Waals surface area (Å²) in [7, 11) is 0. The Morgan fingerprint density at radius 2 is 2.27 bits per heavy atom. The minimum atomic E-state index is 0.512. The Balaban J connectivity index is 2.27. The van der Waals surface area contributed by atoms with E-state index in [1.54, 1.807) is 10.7 Å². The first-order chi connectivity index (χ1) is 7.34. The number of nitrogens with two attached hydrogens (primary N) is 1. The van der Waals surface area contributed by atoms with Crippen LogP contribution >= 0.6 is 11.3 Å². The zero-order chi connectivity index (χ0) is 10.3. The van der Waals surface area contributed by atoms with E-state index >= 15 is 0 Å². The van der Waals surface area contributed by atoms with Crippen LogP contribution in [0.1, 0.15) is 0 Å². The van der Waals surface area contributed by atoms with Crippen molar-refractivity contribution in [3.63, 3.8) is 0 Å². The molecule has 2 N–H and O–H groups in total. The average molecular weight is 218 g/mol. The van der Waals surface area contributed by atoms with Crippen molar-refractivity contribution in [1.29, 1.82) is 0 Å². The number of hydrogen-bond donors (Lipinski definition) is 1. The summed E-state index contributed by atoms with van der Waals surface area (Å²) >= 11 is 1.37. The van der Waals surface area contributed by atoms with E-state index in [2.05, 4.69) is 20.3 Å². The van der Waals surface area contributed by atoms with E-state index < -0.39 is 0 Å². The molecule has 0 amide bonds. The van der Waals surface area contributed by atoms with Crippen LogP contribution in [0.5, 0.6) is 0 Å². The normalized spacial score (nSPS) is 10.9. The number of thiazole rings is 1. The molecular weight excluding hydrogens is 212 g/mol. The van der Waals surface area contributed by atoms with E-state index in [0.717, 1.165) is 0 Å². The second-order valence-electron chi connectivity index (χ2n) is 2.89. The third kappa shape index (κ3) is 1.24. The molecule has 7 heteroatoms. The number of nitrogens with zero attached hydrogens (tertiary/aromatic N) is 5. The summed E-state index contributed by atoms with van der Waals surface area (Å²) in [5, 5.41) is 14.5. The Morgan fingerprint density at radius 1 is 1.33 bits per heavy atom. The molecule has 0 spiro atoms. The fourth-order valence-corrected chi connectivity index (χ4v) is 1.84. The molecule has 0 radical (unpaired) electrons. The third-order valence-corrected chi connectivity index (χ3v) is 2.60. The SMILES string of the molecule is Nc1nc(-c2nnc3cccnn23)cs1. The lowest BCUT2D eigenvalue weighted by atomic mass is 10.4. The first-order valence-corrected chi connectivity index (χ1v) is 5.10. The van der Waals surface area contributed by atoms with Crippen molar-refractivity contribution in [3.8, 4) is 11.5 Å². The molecule has 0 aliphatic rings. The van der Waals surface area contributed by atoms with Crippen molar-refractivity contribution in [3.05, 3.63) is 23.7 Å². The van der Waals surface area contributed by atoms with Crippen molar-refractivity contribution in [2.24, 2.45) is 0 Å². The van der Waals surface area contributed by atoms with Gasteiger partial charge in [-0.25, -0.2) is 4.98 Å². The summed E-state index contributed by atoms with van der Waals surface area (Å²) in [4.78, 5) is 4.14. The standard InChI is InChI=1S/C8H6N6S/c9-8-11-5(4-15-8)7-13-12-6-2-1-3-10-14(6)7/h1-4H,(H2,9,11). The first kappa shape index (κ1) is 8.30. The van der Waals surface area contributed by atoms with Gasteiger partial charge in [0.05, 0.1) is 0 Å². The summed E-state index contributed by atoms with van der Waals surface area (Å²) in [6, 6.07) is 3.64. The van der Waals surface area contributed by atoms with Crippen molar-refractivity contribution in [2.75, 3.05) is 5.73 Å². The van der Waals surface area contributed by atoms with Gasteiger partial charge >= 0.3 is 0 Å². The van der Waals surface area contributed by atoms with Gasteiger partial charge in [0, 0.05) is 11.6 Å². The zero-order valence-electron chi connectivity index (χ0n) is 7.53. The summed E-state index contributed by atoms with van der Waals surface area (Å²) in [5.74, 6) is 0.610. The highest BCUT2D eigenvalue weighted by Gasteiger charge is 2.10. The number of hydrogen-bond acceptors (Lipinski definition) is 6. The van der Waals surface area contributed by atoms with E-state index in [4.69, 9.17) is 5.73 Å². The van der Waals surface area contributed by atoms with Crippen LogP contribution in [-0.2, 0) is 0 Å². The van der Waals surface area contributed by atoms with Crippen LogP contribution < -0.4 is 5.73 Å². The minimum absolute atomic E-state index is 0.512. The van der Waals surface area contributed by atoms with Crippen molar-refractivity contribution in [2.45, 2.75) is 0 Å². The van der Waals surface area contributed by atoms with Gasteiger partial charge in [-0.2, -0.15) is 9.61 Å². The number of anilines is 1. The Labute approximate surface area is 88.4 Å². The highest BCUT2D eigenvalue weighted by Crippen LogP contribution is 2.20. The maximum atomic E-state index is 5.56. The predicted octanol–water partition coefficient (Wildman–Crippen LogP) is 0.830. The number of aromatic nitrogens is 5. The lowest BCUT2D eigenvalue weighted by molar-refractivity contribution is 0.931. The fourth-order valence-electron chi connectivity index (χ4n) is 1.29. The molecule has 0 aliphatic carbocycles. The zero-order valence-corrected chi connectivity index (χ0v) is 8.35. The van der Waals surface area contributed by atoms with Crippen LogP contribution in [0.15, 0.2) is 23.7 Å². The third-order valence-electron chi connectivity index (χ3n) is 1.93. The van der Waals surface area contributed by atoms with Crippen LogP contribution in [0, 0.1) is 0 Å². The van der Waals surface area contributed by atoms with Crippen molar-refractivity contribution < 1.29 is 0 Å². The molecule has 0 saturated carbocycles. The second kappa shape index (κ2) is 2.99. The van der Waals surface area contributed by atoms with Crippen molar-refractivity contribution in [1.82, 2.24) is 24.8 Å². The van der Waals surface area contributed by atoms with Gasteiger partial charge in [0.1, 0.15) is 5.69 Å². The quantitative estimate of drug-likeness (QED) is 0.654. The van der Waals surface area contributed by atoms with Crippen LogP contribution in [0.25, 0.3) is 17.2 Å². The van der Waals surface area contributed by atoms with E-state index in [1.807, 2.05) is 17.5 Å². The molecule has 0 fully saturated rings. The Hall–Kier alpha value is -2.02. The molecular formula is C8H6N6S. The van der Waals surface area contributed by atoms with Gasteiger partial charge in [0.25, 0.3) is 0 Å². The van der Waals surface area contributed by atoms with Gasteiger partial charge in [-0.3, -0.25) is 0 Å². The van der Waals surface area contributed by atoms with Gasteiger partial charge in [-0.05, 0) is 12.1 Å². The number of fused-ring (bicyclic) bond motifs is 1. The Kier molecular flexibility index (Phi) is 1.65. The molecule has 6 nitrogen and oxygen atoms in total. The second-order valence-corrected chi connectivity index (χ2v) is 3.78. The molecule has 74 valence electrons. The maximum absolute atomic E-state index is 5.56. The molecule has 3 aromatic heterocycles. The summed E-state index contributed by atoms with van der Waals surface area (Å²) < 4.78 is 1.63. The van der Waals surface area contributed by atoms with Gasteiger partial charge in [0.15, 0.2) is 10.8 Å². The van der Waals surface area contributed by atoms with Crippen LogP contribution in [0.2, 0.25) is 0 Å². The Morgan fingerprint density at radius 3 is 3.07 bits per heavy atom. The van der Waals surface area contributed by atoms with E-state index in [9.17, 15) is 0 Å². The van der Waals surface area contributed by atoms with Gasteiger partial charge in [-0.15, -0.1) is 21.5 Å². The van der Waals surface area contributed by atoms with Gasteiger partial charge < -0.3 is 5.73 Å². The van der Waals surface area contributed by atoms with Crippen LogP contribution in [-0.4, -0.2) is 24.8 Å². The first-order valence-electron chi connectivity index (χ1n) is 4.22. The molecule has 15 heavy (non-hydrogen) atoms. The highest BCUT2D eigenvalue weighted by molar-refractivity contribution is 7.13. The Bertz CT molecular complexity index is 612. The number of rotatable bonds is 1. The van der Waals surface area contributed by atoms with Gasteiger partial charge in [-0.1, -0.05) is 0 Å². The molecule has 0 unspecified atom stereocenters. The molecule has 0 saturated heterocycles. The largest absolute Gasteiger partial charge is 0.375 e. The fraction of sp³-hybridized carbons (Fsp3) is 0. The van der Waals surface area contributed by atoms with Crippen molar-refractivity contribution >= 4 is 22.1 Å². The summed E-state index contributed by atoms with van der Waals surface area (Å²) in [6.07, 6.45) is 1.68. The number of nitrogen functional groups attached to an aromatic ring is 1. The average Bonchev–Trinajstić information content (AvgIpc) is 2.83. The smallest absolute Gasteiger partial charge is 0.204 e. The van der Waals surface area contributed by atoms with Gasteiger partial charge in [0.2, 0.25) is 5.82 Å². The molecule has 0 aromatic carbocycles.